The van der Waals surface area contributed by atoms with E-state index >= 15 is 0 Å². The van der Waals surface area contributed by atoms with Gasteiger partial charge in [-0.1, -0.05) is 57.3 Å². The summed E-state index contributed by atoms with van der Waals surface area (Å²) in [5.74, 6) is -0.236. The van der Waals surface area contributed by atoms with Crippen molar-refractivity contribution in [3.05, 3.63) is 69.5 Å². The summed E-state index contributed by atoms with van der Waals surface area (Å²) in [6.45, 7) is 0. The van der Waals surface area contributed by atoms with Gasteiger partial charge in [-0.25, -0.2) is 4.39 Å². The second kappa shape index (κ2) is 6.05. The van der Waals surface area contributed by atoms with Crippen LogP contribution in [0.2, 0.25) is 10.0 Å². The first-order valence-electron chi connectivity index (χ1n) is 5.40. The van der Waals surface area contributed by atoms with Gasteiger partial charge in [0.2, 0.25) is 0 Å². The van der Waals surface area contributed by atoms with Crippen molar-refractivity contribution in [1.82, 2.24) is 0 Å². The summed E-state index contributed by atoms with van der Waals surface area (Å²) in [5.41, 5.74) is 1.89. The van der Waals surface area contributed by atoms with E-state index in [1.807, 2.05) is 18.2 Å². The summed E-state index contributed by atoms with van der Waals surface area (Å²) in [6.07, 6.45) is 0.698. The summed E-state index contributed by atoms with van der Waals surface area (Å²) < 4.78 is 12.8. The van der Waals surface area contributed by atoms with Crippen LogP contribution in [0.3, 0.4) is 0 Å². The summed E-state index contributed by atoms with van der Waals surface area (Å²) in [4.78, 5) is 0.00385. The molecule has 0 aliphatic heterocycles. The van der Waals surface area contributed by atoms with E-state index in [0.717, 1.165) is 11.1 Å². The molecule has 0 saturated heterocycles. The maximum absolute atomic E-state index is 12.8. The molecule has 0 nitrogen and oxygen atoms in total. The van der Waals surface area contributed by atoms with Gasteiger partial charge in [-0.2, -0.15) is 0 Å². The minimum Gasteiger partial charge on any atom is -0.207 e. The number of rotatable bonds is 3. The standard InChI is InChI=1S/C14H10BrCl2F/c15-11(8-9-4-6-10(18)7-5-9)14-12(16)2-1-3-13(14)17/h1-7,11H,8H2. The number of benzene rings is 2. The number of alkyl halides is 1. The molecular formula is C14H10BrCl2F. The van der Waals surface area contributed by atoms with Crippen LogP contribution in [0.15, 0.2) is 42.5 Å². The van der Waals surface area contributed by atoms with Gasteiger partial charge >= 0.3 is 0 Å². The Labute approximate surface area is 124 Å². The minimum atomic E-state index is -0.236. The van der Waals surface area contributed by atoms with Crippen molar-refractivity contribution in [2.24, 2.45) is 0 Å². The molecule has 2 aromatic rings. The highest BCUT2D eigenvalue weighted by Crippen LogP contribution is 2.37. The normalized spacial score (nSPS) is 12.4. The molecule has 0 radical (unpaired) electrons. The number of hydrogen-bond acceptors (Lipinski definition) is 0. The van der Waals surface area contributed by atoms with E-state index in [0.29, 0.717) is 16.5 Å². The molecule has 0 aromatic heterocycles. The molecule has 0 saturated carbocycles. The van der Waals surface area contributed by atoms with Gasteiger partial charge < -0.3 is 0 Å². The molecule has 0 heterocycles. The molecule has 2 rings (SSSR count). The average Bonchev–Trinajstić information content (AvgIpc) is 2.32. The Bertz CT molecular complexity index is 520. The zero-order valence-corrected chi connectivity index (χ0v) is 12.4. The summed E-state index contributed by atoms with van der Waals surface area (Å²) in [6, 6.07) is 11.8. The third kappa shape index (κ3) is 3.25. The van der Waals surface area contributed by atoms with E-state index in [1.165, 1.54) is 12.1 Å². The lowest BCUT2D eigenvalue weighted by Crippen LogP contribution is -1.97. The van der Waals surface area contributed by atoms with Gasteiger partial charge in [0, 0.05) is 20.4 Å². The second-order valence-corrected chi connectivity index (χ2v) is 5.85. The van der Waals surface area contributed by atoms with E-state index in [4.69, 9.17) is 23.2 Å². The van der Waals surface area contributed by atoms with Crippen LogP contribution >= 0.6 is 39.1 Å². The molecule has 1 unspecified atom stereocenters. The molecule has 0 N–H and O–H groups in total. The van der Waals surface area contributed by atoms with Gasteiger partial charge in [-0.05, 0) is 36.2 Å². The summed E-state index contributed by atoms with van der Waals surface area (Å²) >= 11 is 15.9. The fraction of sp³-hybridized carbons (Fsp3) is 0.143. The Morgan fingerprint density at radius 2 is 1.56 bits per heavy atom. The predicted octanol–water partition coefficient (Wildman–Crippen LogP) is 5.81. The van der Waals surface area contributed by atoms with Gasteiger partial charge in [0.1, 0.15) is 5.82 Å². The zero-order chi connectivity index (χ0) is 13.1. The lowest BCUT2D eigenvalue weighted by Gasteiger charge is -2.14. The van der Waals surface area contributed by atoms with Crippen LogP contribution in [0.25, 0.3) is 0 Å². The smallest absolute Gasteiger partial charge is 0.123 e. The number of halogens is 4. The highest BCUT2D eigenvalue weighted by molar-refractivity contribution is 9.09. The Kier molecular flexibility index (Phi) is 4.66. The van der Waals surface area contributed by atoms with Crippen molar-refractivity contribution >= 4 is 39.1 Å². The van der Waals surface area contributed by atoms with Gasteiger partial charge in [-0.3, -0.25) is 0 Å². The fourth-order valence-electron chi connectivity index (χ4n) is 1.74. The van der Waals surface area contributed by atoms with E-state index < -0.39 is 0 Å². The van der Waals surface area contributed by atoms with E-state index in [2.05, 4.69) is 15.9 Å². The summed E-state index contributed by atoms with van der Waals surface area (Å²) in [5, 5.41) is 1.26. The van der Waals surface area contributed by atoms with Crippen molar-refractivity contribution in [3.8, 4) is 0 Å². The Morgan fingerprint density at radius 1 is 1.00 bits per heavy atom. The maximum atomic E-state index is 12.8. The quantitative estimate of drug-likeness (QED) is 0.614. The van der Waals surface area contributed by atoms with Gasteiger partial charge in [-0.15, -0.1) is 0 Å². The fourth-order valence-corrected chi connectivity index (χ4v) is 3.53. The van der Waals surface area contributed by atoms with E-state index in [-0.39, 0.29) is 10.6 Å². The van der Waals surface area contributed by atoms with Crippen molar-refractivity contribution in [2.45, 2.75) is 11.2 Å². The molecule has 0 aliphatic rings. The van der Waals surface area contributed by atoms with Crippen LogP contribution in [0, 0.1) is 5.82 Å². The third-order valence-electron chi connectivity index (χ3n) is 2.64. The molecule has 2 aromatic carbocycles. The molecular weight excluding hydrogens is 338 g/mol. The molecule has 0 spiro atoms. The molecule has 0 bridgehead atoms. The van der Waals surface area contributed by atoms with Crippen molar-refractivity contribution in [3.63, 3.8) is 0 Å². The molecule has 0 aliphatic carbocycles. The average molecular weight is 348 g/mol. The highest BCUT2D eigenvalue weighted by Gasteiger charge is 2.15. The number of hydrogen-bond donors (Lipinski definition) is 0. The lowest BCUT2D eigenvalue weighted by atomic mass is 10.0. The molecule has 94 valence electrons. The Morgan fingerprint density at radius 3 is 2.11 bits per heavy atom. The Balaban J connectivity index is 2.22. The van der Waals surface area contributed by atoms with Crippen LogP contribution in [0.5, 0.6) is 0 Å². The van der Waals surface area contributed by atoms with Crippen molar-refractivity contribution in [2.75, 3.05) is 0 Å². The van der Waals surface area contributed by atoms with Crippen molar-refractivity contribution in [1.29, 1.82) is 0 Å². The SMILES string of the molecule is Fc1ccc(CC(Br)c2c(Cl)cccc2Cl)cc1. The molecule has 4 heteroatoms. The molecule has 0 amide bonds. The second-order valence-electron chi connectivity index (χ2n) is 3.93. The summed E-state index contributed by atoms with van der Waals surface area (Å²) in [7, 11) is 0. The monoisotopic (exact) mass is 346 g/mol. The molecule has 1 atom stereocenters. The highest BCUT2D eigenvalue weighted by atomic mass is 79.9. The first-order chi connectivity index (χ1) is 8.58. The first-order valence-corrected chi connectivity index (χ1v) is 7.07. The van der Waals surface area contributed by atoms with Crippen LogP contribution in [-0.2, 0) is 6.42 Å². The Hall–Kier alpha value is -0.570. The third-order valence-corrected chi connectivity index (χ3v) is 4.08. The van der Waals surface area contributed by atoms with E-state index in [9.17, 15) is 4.39 Å². The minimum absolute atomic E-state index is 0.00385. The van der Waals surface area contributed by atoms with Gasteiger partial charge in [0.05, 0.1) is 0 Å². The van der Waals surface area contributed by atoms with Gasteiger partial charge in [0.15, 0.2) is 0 Å². The lowest BCUT2D eigenvalue weighted by molar-refractivity contribution is 0.627. The topological polar surface area (TPSA) is 0 Å². The van der Waals surface area contributed by atoms with Crippen LogP contribution in [0.1, 0.15) is 16.0 Å². The molecule has 18 heavy (non-hydrogen) atoms. The zero-order valence-electron chi connectivity index (χ0n) is 9.34. The van der Waals surface area contributed by atoms with Crippen LogP contribution in [-0.4, -0.2) is 0 Å². The van der Waals surface area contributed by atoms with Crippen molar-refractivity contribution < 1.29 is 4.39 Å². The molecule has 0 fully saturated rings. The van der Waals surface area contributed by atoms with Gasteiger partial charge in [0.25, 0.3) is 0 Å². The predicted molar refractivity (Wildman–Crippen MR) is 78.2 cm³/mol. The van der Waals surface area contributed by atoms with Crippen LogP contribution < -0.4 is 0 Å². The maximum Gasteiger partial charge on any atom is 0.123 e. The van der Waals surface area contributed by atoms with E-state index in [1.54, 1.807) is 12.1 Å². The van der Waals surface area contributed by atoms with Crippen LogP contribution in [0.4, 0.5) is 4.39 Å². The largest absolute Gasteiger partial charge is 0.207 e. The first kappa shape index (κ1) is 13.9.